The fourth-order valence-corrected chi connectivity index (χ4v) is 0.947. The lowest BCUT2D eigenvalue weighted by Gasteiger charge is -2.24. The zero-order valence-electron chi connectivity index (χ0n) is 8.89. The Labute approximate surface area is 91.3 Å². The zero-order chi connectivity index (χ0) is 12.5. The van der Waals surface area contributed by atoms with Gasteiger partial charge in [0.2, 0.25) is 0 Å². The molecule has 0 rings (SSSR count). The van der Waals surface area contributed by atoms with Crippen LogP contribution in [0, 0.1) is 5.41 Å². The van der Waals surface area contributed by atoms with Crippen molar-refractivity contribution in [3.63, 3.8) is 0 Å². The van der Waals surface area contributed by atoms with Crippen LogP contribution in [-0.2, 0) is 10.4 Å². The molecule has 0 spiro atoms. The monoisotopic (exact) mass is 237 g/mol. The van der Waals surface area contributed by atoms with Crippen LogP contribution in [0.15, 0.2) is 25.3 Å². The van der Waals surface area contributed by atoms with Crippen molar-refractivity contribution in [1.29, 1.82) is 0 Å². The van der Waals surface area contributed by atoms with Gasteiger partial charge in [0.05, 0.1) is 0 Å². The minimum Gasteiger partial charge on any atom is -0.330 e. The average molecular weight is 237 g/mol. The molecule has 0 aromatic carbocycles. The molecule has 0 amide bonds. The SMILES string of the molecule is C=CCC(C)(CN)CC=C.O=S(=O)(O)O. The molecule has 0 saturated heterocycles. The van der Waals surface area contributed by atoms with Gasteiger partial charge in [0.25, 0.3) is 0 Å². The zero-order valence-corrected chi connectivity index (χ0v) is 9.70. The second-order valence-electron chi connectivity index (χ2n) is 3.45. The third-order valence-corrected chi connectivity index (χ3v) is 1.77. The van der Waals surface area contributed by atoms with E-state index in [4.69, 9.17) is 23.3 Å². The molecule has 0 aliphatic heterocycles. The van der Waals surface area contributed by atoms with Gasteiger partial charge in [-0.1, -0.05) is 19.1 Å². The molecular weight excluding hydrogens is 218 g/mol. The molecule has 15 heavy (non-hydrogen) atoms. The first-order valence-electron chi connectivity index (χ1n) is 4.30. The van der Waals surface area contributed by atoms with Crippen LogP contribution in [0.2, 0.25) is 0 Å². The van der Waals surface area contributed by atoms with Gasteiger partial charge in [0, 0.05) is 0 Å². The molecule has 0 fully saturated rings. The molecule has 0 unspecified atom stereocenters. The molecule has 0 aromatic heterocycles. The van der Waals surface area contributed by atoms with Crippen molar-refractivity contribution < 1.29 is 17.5 Å². The maximum atomic E-state index is 8.74. The summed E-state index contributed by atoms with van der Waals surface area (Å²) >= 11 is 0. The fraction of sp³-hybridized carbons (Fsp3) is 0.556. The van der Waals surface area contributed by atoms with Crippen LogP contribution in [0.3, 0.4) is 0 Å². The third kappa shape index (κ3) is 16.0. The molecule has 0 aliphatic rings. The summed E-state index contributed by atoms with van der Waals surface area (Å²) in [7, 11) is -4.67. The van der Waals surface area contributed by atoms with E-state index in [2.05, 4.69) is 20.1 Å². The minimum atomic E-state index is -4.67. The number of hydrogen-bond donors (Lipinski definition) is 3. The highest BCUT2D eigenvalue weighted by atomic mass is 32.3. The van der Waals surface area contributed by atoms with Crippen molar-refractivity contribution >= 4 is 10.4 Å². The van der Waals surface area contributed by atoms with E-state index in [9.17, 15) is 0 Å². The Morgan fingerprint density at radius 1 is 1.27 bits per heavy atom. The molecule has 0 saturated carbocycles. The molecule has 4 N–H and O–H groups in total. The van der Waals surface area contributed by atoms with Crippen LogP contribution in [0.4, 0.5) is 0 Å². The van der Waals surface area contributed by atoms with Gasteiger partial charge in [-0.3, -0.25) is 9.11 Å². The van der Waals surface area contributed by atoms with Gasteiger partial charge in [0.1, 0.15) is 0 Å². The van der Waals surface area contributed by atoms with Gasteiger partial charge < -0.3 is 5.73 Å². The summed E-state index contributed by atoms with van der Waals surface area (Å²) in [5, 5.41) is 0. The highest BCUT2D eigenvalue weighted by Gasteiger charge is 2.17. The Hall–Kier alpha value is -0.690. The lowest BCUT2D eigenvalue weighted by molar-refractivity contribution is 0.346. The summed E-state index contributed by atoms with van der Waals surface area (Å²) < 4.78 is 31.6. The van der Waals surface area contributed by atoms with Crippen molar-refractivity contribution in [2.75, 3.05) is 6.54 Å². The molecule has 0 heterocycles. The summed E-state index contributed by atoms with van der Waals surface area (Å²) in [5.74, 6) is 0. The highest BCUT2D eigenvalue weighted by molar-refractivity contribution is 7.79. The standard InChI is InChI=1S/C9H17N.H2O4S/c1-4-6-9(3,8-10)7-5-2;1-5(2,3)4/h4-5H,1-2,6-8,10H2,3H3;(H2,1,2,3,4). The van der Waals surface area contributed by atoms with Gasteiger partial charge in [-0.2, -0.15) is 8.42 Å². The van der Waals surface area contributed by atoms with E-state index in [1.165, 1.54) is 0 Å². The molecule has 0 bridgehead atoms. The van der Waals surface area contributed by atoms with E-state index in [0.29, 0.717) is 6.54 Å². The summed E-state index contributed by atoms with van der Waals surface area (Å²) in [4.78, 5) is 0. The van der Waals surface area contributed by atoms with E-state index in [1.807, 2.05) is 12.2 Å². The second kappa shape index (κ2) is 7.58. The normalized spacial score (nSPS) is 11.2. The van der Waals surface area contributed by atoms with Gasteiger partial charge >= 0.3 is 10.4 Å². The molecule has 5 nitrogen and oxygen atoms in total. The van der Waals surface area contributed by atoms with Gasteiger partial charge in [-0.25, -0.2) is 0 Å². The number of allylic oxidation sites excluding steroid dienone is 2. The smallest absolute Gasteiger partial charge is 0.330 e. The lowest BCUT2D eigenvalue weighted by Crippen LogP contribution is -2.25. The van der Waals surface area contributed by atoms with Crippen LogP contribution < -0.4 is 5.73 Å². The van der Waals surface area contributed by atoms with E-state index in [-0.39, 0.29) is 5.41 Å². The molecule has 6 heteroatoms. The second-order valence-corrected chi connectivity index (χ2v) is 4.34. The Morgan fingerprint density at radius 3 is 1.67 bits per heavy atom. The fourth-order valence-electron chi connectivity index (χ4n) is 0.947. The van der Waals surface area contributed by atoms with Gasteiger partial charge in [-0.05, 0) is 24.8 Å². The lowest BCUT2D eigenvalue weighted by atomic mass is 9.84. The highest BCUT2D eigenvalue weighted by Crippen LogP contribution is 2.24. The third-order valence-electron chi connectivity index (χ3n) is 1.77. The molecular formula is C9H19NO4S. The molecule has 90 valence electrons. The number of rotatable bonds is 5. The van der Waals surface area contributed by atoms with E-state index in [1.54, 1.807) is 0 Å². The maximum Gasteiger partial charge on any atom is 0.394 e. The molecule has 0 aromatic rings. The quantitative estimate of drug-likeness (QED) is 0.496. The van der Waals surface area contributed by atoms with Crippen LogP contribution in [0.25, 0.3) is 0 Å². The maximum absolute atomic E-state index is 8.74. The first kappa shape index (κ1) is 16.7. The first-order chi connectivity index (χ1) is 6.68. The Kier molecular flexibility index (Phi) is 8.46. The van der Waals surface area contributed by atoms with Crippen LogP contribution >= 0.6 is 0 Å². The van der Waals surface area contributed by atoms with E-state index < -0.39 is 10.4 Å². The first-order valence-corrected chi connectivity index (χ1v) is 5.70. The van der Waals surface area contributed by atoms with Crippen LogP contribution in [0.5, 0.6) is 0 Å². The molecule has 0 radical (unpaired) electrons. The Balaban J connectivity index is 0. The Morgan fingerprint density at radius 2 is 1.53 bits per heavy atom. The summed E-state index contributed by atoms with van der Waals surface area (Å²) in [5.41, 5.74) is 5.77. The molecule has 0 atom stereocenters. The van der Waals surface area contributed by atoms with Gasteiger partial charge in [0.15, 0.2) is 0 Å². The molecule has 0 aliphatic carbocycles. The van der Waals surface area contributed by atoms with Crippen molar-refractivity contribution in [3.8, 4) is 0 Å². The summed E-state index contributed by atoms with van der Waals surface area (Å²) in [6.07, 6.45) is 5.76. The topological polar surface area (TPSA) is 101 Å². The predicted molar refractivity (Wildman–Crippen MR) is 61.0 cm³/mol. The summed E-state index contributed by atoms with van der Waals surface area (Å²) in [6, 6.07) is 0. The summed E-state index contributed by atoms with van der Waals surface area (Å²) in [6.45, 7) is 10.2. The van der Waals surface area contributed by atoms with Crippen molar-refractivity contribution in [1.82, 2.24) is 0 Å². The predicted octanol–water partition coefficient (Wildman–Crippen LogP) is 1.45. The van der Waals surface area contributed by atoms with Crippen molar-refractivity contribution in [3.05, 3.63) is 25.3 Å². The van der Waals surface area contributed by atoms with Crippen LogP contribution in [0.1, 0.15) is 19.8 Å². The Bertz CT molecular complexity index is 266. The average Bonchev–Trinajstić information content (AvgIpc) is 2.02. The largest absolute Gasteiger partial charge is 0.394 e. The van der Waals surface area contributed by atoms with E-state index >= 15 is 0 Å². The van der Waals surface area contributed by atoms with Crippen molar-refractivity contribution in [2.24, 2.45) is 11.1 Å². The number of nitrogens with two attached hydrogens (primary N) is 1. The van der Waals surface area contributed by atoms with Crippen LogP contribution in [-0.4, -0.2) is 24.1 Å². The van der Waals surface area contributed by atoms with E-state index in [0.717, 1.165) is 12.8 Å². The minimum absolute atomic E-state index is 0.184. The van der Waals surface area contributed by atoms with Crippen molar-refractivity contribution in [2.45, 2.75) is 19.8 Å². The number of hydrogen-bond acceptors (Lipinski definition) is 3. The van der Waals surface area contributed by atoms with Gasteiger partial charge in [-0.15, -0.1) is 13.2 Å².